The third-order valence-electron chi connectivity index (χ3n) is 2.97. The molecule has 0 radical (unpaired) electrons. The Hall–Kier alpha value is -1.06. The summed E-state index contributed by atoms with van der Waals surface area (Å²) in [7, 11) is 0. The Morgan fingerprint density at radius 3 is 2.24 bits per heavy atom. The Kier molecular flexibility index (Phi) is 4.40. The molecule has 1 aliphatic rings. The number of rotatable bonds is 2. The van der Waals surface area contributed by atoms with E-state index in [4.69, 9.17) is 11.6 Å². The number of nitrogens with one attached hydrogen (secondary N) is 1. The van der Waals surface area contributed by atoms with E-state index in [0.717, 1.165) is 25.9 Å². The van der Waals surface area contributed by atoms with Crippen LogP contribution in [0.1, 0.15) is 36.0 Å². The van der Waals surface area contributed by atoms with E-state index in [1.165, 1.54) is 12.8 Å². The van der Waals surface area contributed by atoms with Crippen LogP contribution in [0.3, 0.4) is 0 Å². The van der Waals surface area contributed by atoms with Crippen LogP contribution in [-0.4, -0.2) is 24.0 Å². The van der Waals surface area contributed by atoms with Gasteiger partial charge in [-0.25, -0.2) is 5.01 Å². The first-order chi connectivity index (χ1) is 8.25. The topological polar surface area (TPSA) is 32.3 Å². The molecule has 1 N–H and O–H groups in total. The minimum Gasteiger partial charge on any atom is -0.285 e. The van der Waals surface area contributed by atoms with Crippen LogP contribution < -0.4 is 5.43 Å². The molecule has 92 valence electrons. The van der Waals surface area contributed by atoms with Crippen molar-refractivity contribution in [3.63, 3.8) is 0 Å². The van der Waals surface area contributed by atoms with Crippen molar-refractivity contribution in [1.82, 2.24) is 10.4 Å². The minimum absolute atomic E-state index is 0.0523. The van der Waals surface area contributed by atoms with Crippen LogP contribution in [0.15, 0.2) is 24.3 Å². The van der Waals surface area contributed by atoms with E-state index >= 15 is 0 Å². The highest BCUT2D eigenvalue weighted by molar-refractivity contribution is 6.30. The zero-order valence-corrected chi connectivity index (χ0v) is 10.5. The number of carbonyl (C=O) groups excluding carboxylic acids is 1. The normalized spacial score (nSPS) is 17.5. The van der Waals surface area contributed by atoms with Crippen LogP contribution in [0.5, 0.6) is 0 Å². The van der Waals surface area contributed by atoms with Gasteiger partial charge in [-0.3, -0.25) is 10.2 Å². The minimum atomic E-state index is -0.0523. The molecule has 1 heterocycles. The summed E-state index contributed by atoms with van der Waals surface area (Å²) in [6.07, 6.45) is 4.82. The fourth-order valence-corrected chi connectivity index (χ4v) is 2.12. The SMILES string of the molecule is O=C(NN1CCCCCC1)c1ccc(Cl)cc1. The van der Waals surface area contributed by atoms with Gasteiger partial charge in [0.2, 0.25) is 0 Å². The van der Waals surface area contributed by atoms with Gasteiger partial charge in [0.25, 0.3) is 5.91 Å². The van der Waals surface area contributed by atoms with Crippen LogP contribution in [0, 0.1) is 0 Å². The van der Waals surface area contributed by atoms with Crippen LogP contribution in [0.25, 0.3) is 0 Å². The van der Waals surface area contributed by atoms with Crippen molar-refractivity contribution >= 4 is 17.5 Å². The van der Waals surface area contributed by atoms with Gasteiger partial charge < -0.3 is 0 Å². The molecule has 3 nitrogen and oxygen atoms in total. The van der Waals surface area contributed by atoms with E-state index in [9.17, 15) is 4.79 Å². The lowest BCUT2D eigenvalue weighted by molar-refractivity contribution is 0.0794. The Morgan fingerprint density at radius 1 is 1.06 bits per heavy atom. The number of benzene rings is 1. The van der Waals surface area contributed by atoms with Gasteiger partial charge in [-0.15, -0.1) is 0 Å². The molecule has 0 bridgehead atoms. The van der Waals surface area contributed by atoms with E-state index in [-0.39, 0.29) is 5.91 Å². The summed E-state index contributed by atoms with van der Waals surface area (Å²) in [5.74, 6) is -0.0523. The quantitative estimate of drug-likeness (QED) is 0.878. The maximum Gasteiger partial charge on any atom is 0.265 e. The molecule has 0 saturated carbocycles. The first kappa shape index (κ1) is 12.4. The lowest BCUT2D eigenvalue weighted by Gasteiger charge is -2.20. The van der Waals surface area contributed by atoms with E-state index in [2.05, 4.69) is 5.43 Å². The number of hydrogen-bond donors (Lipinski definition) is 1. The fraction of sp³-hybridized carbons (Fsp3) is 0.462. The fourth-order valence-electron chi connectivity index (χ4n) is 1.99. The average molecular weight is 253 g/mol. The molecule has 4 heteroatoms. The monoisotopic (exact) mass is 252 g/mol. The third-order valence-corrected chi connectivity index (χ3v) is 3.22. The van der Waals surface area contributed by atoms with Gasteiger partial charge in [0.1, 0.15) is 0 Å². The number of hydrazine groups is 1. The number of halogens is 1. The first-order valence-corrected chi connectivity index (χ1v) is 6.45. The molecule has 2 rings (SSSR count). The van der Waals surface area contributed by atoms with E-state index < -0.39 is 0 Å². The Balaban J connectivity index is 1.93. The molecule has 0 unspecified atom stereocenters. The van der Waals surface area contributed by atoms with Gasteiger partial charge in [-0.2, -0.15) is 0 Å². The van der Waals surface area contributed by atoms with Gasteiger partial charge in [0.15, 0.2) is 0 Å². The summed E-state index contributed by atoms with van der Waals surface area (Å²) >= 11 is 5.79. The summed E-state index contributed by atoms with van der Waals surface area (Å²) in [6, 6.07) is 6.96. The Morgan fingerprint density at radius 2 is 1.65 bits per heavy atom. The van der Waals surface area contributed by atoms with Gasteiger partial charge in [-0.05, 0) is 37.1 Å². The smallest absolute Gasteiger partial charge is 0.265 e. The van der Waals surface area contributed by atoms with Crippen molar-refractivity contribution in [2.75, 3.05) is 13.1 Å². The van der Waals surface area contributed by atoms with E-state index in [1.807, 2.05) is 5.01 Å². The lowest BCUT2D eigenvalue weighted by Crippen LogP contribution is -2.42. The Bertz CT molecular complexity index is 370. The first-order valence-electron chi connectivity index (χ1n) is 6.07. The molecule has 1 aromatic rings. The highest BCUT2D eigenvalue weighted by atomic mass is 35.5. The molecule has 17 heavy (non-hydrogen) atoms. The zero-order valence-electron chi connectivity index (χ0n) is 9.79. The molecule has 1 amide bonds. The number of hydrogen-bond acceptors (Lipinski definition) is 2. The van der Waals surface area contributed by atoms with Crippen LogP contribution in [-0.2, 0) is 0 Å². The standard InChI is InChI=1S/C13H17ClN2O/c14-12-7-5-11(6-8-12)13(17)15-16-9-3-1-2-4-10-16/h5-8H,1-4,9-10H2,(H,15,17). The average Bonchev–Trinajstić information content (AvgIpc) is 2.58. The number of nitrogens with zero attached hydrogens (tertiary/aromatic N) is 1. The number of carbonyl (C=O) groups is 1. The second kappa shape index (κ2) is 6.03. The van der Waals surface area contributed by atoms with Crippen molar-refractivity contribution in [3.8, 4) is 0 Å². The van der Waals surface area contributed by atoms with Crippen molar-refractivity contribution in [2.45, 2.75) is 25.7 Å². The zero-order chi connectivity index (χ0) is 12.1. The molecular weight excluding hydrogens is 236 g/mol. The van der Waals surface area contributed by atoms with Gasteiger partial charge in [-0.1, -0.05) is 24.4 Å². The molecule has 1 aliphatic heterocycles. The molecule has 0 spiro atoms. The van der Waals surface area contributed by atoms with E-state index in [0.29, 0.717) is 10.6 Å². The summed E-state index contributed by atoms with van der Waals surface area (Å²) in [4.78, 5) is 11.9. The van der Waals surface area contributed by atoms with E-state index in [1.54, 1.807) is 24.3 Å². The van der Waals surface area contributed by atoms with Crippen molar-refractivity contribution in [3.05, 3.63) is 34.9 Å². The highest BCUT2D eigenvalue weighted by Gasteiger charge is 2.12. The maximum atomic E-state index is 11.9. The molecule has 0 aliphatic carbocycles. The molecule has 0 atom stereocenters. The molecular formula is C13H17ClN2O. The van der Waals surface area contributed by atoms with Gasteiger partial charge in [0, 0.05) is 23.7 Å². The molecule has 1 saturated heterocycles. The largest absolute Gasteiger partial charge is 0.285 e. The summed E-state index contributed by atoms with van der Waals surface area (Å²) in [5, 5.41) is 2.67. The Labute approximate surface area is 107 Å². The van der Waals surface area contributed by atoms with Crippen molar-refractivity contribution in [1.29, 1.82) is 0 Å². The van der Waals surface area contributed by atoms with Crippen LogP contribution in [0.2, 0.25) is 5.02 Å². The molecule has 1 fully saturated rings. The van der Waals surface area contributed by atoms with Crippen molar-refractivity contribution < 1.29 is 4.79 Å². The molecule has 1 aromatic carbocycles. The van der Waals surface area contributed by atoms with Crippen molar-refractivity contribution in [2.24, 2.45) is 0 Å². The van der Waals surface area contributed by atoms with Gasteiger partial charge in [0.05, 0.1) is 0 Å². The maximum absolute atomic E-state index is 11.9. The molecule has 0 aromatic heterocycles. The summed E-state index contributed by atoms with van der Waals surface area (Å²) in [6.45, 7) is 1.89. The predicted molar refractivity (Wildman–Crippen MR) is 69.0 cm³/mol. The second-order valence-corrected chi connectivity index (χ2v) is 4.79. The highest BCUT2D eigenvalue weighted by Crippen LogP contribution is 2.11. The van der Waals surface area contributed by atoms with Crippen LogP contribution in [0.4, 0.5) is 0 Å². The van der Waals surface area contributed by atoms with Gasteiger partial charge >= 0.3 is 0 Å². The summed E-state index contributed by atoms with van der Waals surface area (Å²) in [5.41, 5.74) is 3.60. The lowest BCUT2D eigenvalue weighted by atomic mass is 10.2. The third kappa shape index (κ3) is 3.72. The van der Waals surface area contributed by atoms with Crippen LogP contribution >= 0.6 is 11.6 Å². The predicted octanol–water partition coefficient (Wildman–Crippen LogP) is 2.86. The summed E-state index contributed by atoms with van der Waals surface area (Å²) < 4.78 is 0. The number of amides is 1. The second-order valence-electron chi connectivity index (χ2n) is 4.35.